The first-order chi connectivity index (χ1) is 5.85. The Morgan fingerprint density at radius 2 is 2.38 bits per heavy atom. The highest BCUT2D eigenvalue weighted by atomic mass is 35.5. The van der Waals surface area contributed by atoms with Crippen molar-refractivity contribution in [3.05, 3.63) is 10.4 Å². The highest BCUT2D eigenvalue weighted by Crippen LogP contribution is 2.37. The number of hydrogen-bond donors (Lipinski definition) is 1. The van der Waals surface area contributed by atoms with Crippen LogP contribution in [0, 0.1) is 0 Å². The van der Waals surface area contributed by atoms with Crippen LogP contribution >= 0.6 is 12.4 Å². The van der Waals surface area contributed by atoms with Gasteiger partial charge in [0.1, 0.15) is 0 Å². The molecule has 0 radical (unpaired) electrons. The van der Waals surface area contributed by atoms with Crippen LogP contribution in [0.3, 0.4) is 0 Å². The number of nitrogens with zero attached hydrogens (tertiary/aromatic N) is 3. The third kappa shape index (κ3) is 2.48. The molecule has 0 aromatic heterocycles. The molecule has 1 unspecified atom stereocenters. The highest BCUT2D eigenvalue weighted by Gasteiger charge is 2.45. The minimum atomic E-state index is 0. The van der Waals surface area contributed by atoms with Gasteiger partial charge in [0, 0.05) is 17.0 Å². The summed E-state index contributed by atoms with van der Waals surface area (Å²) in [6.45, 7) is 2.04. The molecule has 6 heteroatoms. The number of rotatable bonds is 2. The standard InChI is InChI=1S/C7H12N4O.ClH/c8-11-10-4-6-3-9-7(1-2-7)5-12-6;/h6,9H,1-5H2;1H. The van der Waals surface area contributed by atoms with Gasteiger partial charge in [-0.3, -0.25) is 0 Å². The van der Waals surface area contributed by atoms with Gasteiger partial charge in [-0.2, -0.15) is 0 Å². The van der Waals surface area contributed by atoms with E-state index in [0.717, 1.165) is 13.2 Å². The van der Waals surface area contributed by atoms with Crippen LogP contribution in [0.15, 0.2) is 5.11 Å². The molecule has 1 atom stereocenters. The molecule has 5 nitrogen and oxygen atoms in total. The van der Waals surface area contributed by atoms with Crippen LogP contribution in [0.5, 0.6) is 0 Å². The summed E-state index contributed by atoms with van der Waals surface area (Å²) in [7, 11) is 0. The van der Waals surface area contributed by atoms with Gasteiger partial charge in [0.05, 0.1) is 19.3 Å². The zero-order valence-corrected chi connectivity index (χ0v) is 8.09. The summed E-state index contributed by atoms with van der Waals surface area (Å²) in [5.74, 6) is 0. The van der Waals surface area contributed by atoms with E-state index in [0.29, 0.717) is 12.1 Å². The molecular formula is C7H13ClN4O. The molecule has 1 aliphatic carbocycles. The normalized spacial score (nSPS) is 28.8. The number of hydrogen-bond acceptors (Lipinski definition) is 3. The number of nitrogens with one attached hydrogen (secondary N) is 1. The Balaban J connectivity index is 0.000000845. The lowest BCUT2D eigenvalue weighted by atomic mass is 10.2. The molecule has 74 valence electrons. The predicted octanol–water partition coefficient (Wildman–Crippen LogP) is 1.24. The maximum Gasteiger partial charge on any atom is 0.0756 e. The fourth-order valence-electron chi connectivity index (χ4n) is 1.43. The maximum atomic E-state index is 8.09. The molecular weight excluding hydrogens is 192 g/mol. The molecule has 2 aliphatic rings. The zero-order valence-electron chi connectivity index (χ0n) is 7.27. The largest absolute Gasteiger partial charge is 0.375 e. The van der Waals surface area contributed by atoms with Crippen molar-refractivity contribution in [3.63, 3.8) is 0 Å². The second-order valence-corrected chi connectivity index (χ2v) is 3.51. The lowest BCUT2D eigenvalue weighted by molar-refractivity contribution is 0.00258. The summed E-state index contributed by atoms with van der Waals surface area (Å²) >= 11 is 0. The van der Waals surface area contributed by atoms with Crippen molar-refractivity contribution in [3.8, 4) is 0 Å². The molecule has 1 spiro atoms. The average Bonchev–Trinajstić information content (AvgIpc) is 2.85. The first-order valence-electron chi connectivity index (χ1n) is 4.22. The van der Waals surface area contributed by atoms with Crippen LogP contribution in [0.25, 0.3) is 10.4 Å². The fourth-order valence-corrected chi connectivity index (χ4v) is 1.43. The minimum absolute atomic E-state index is 0. The van der Waals surface area contributed by atoms with E-state index in [2.05, 4.69) is 15.3 Å². The minimum Gasteiger partial charge on any atom is -0.375 e. The van der Waals surface area contributed by atoms with Crippen LogP contribution in [0.1, 0.15) is 12.8 Å². The third-order valence-corrected chi connectivity index (χ3v) is 2.50. The van der Waals surface area contributed by atoms with E-state index >= 15 is 0 Å². The van der Waals surface area contributed by atoms with E-state index in [1.54, 1.807) is 0 Å². The van der Waals surface area contributed by atoms with Gasteiger partial charge in [0.15, 0.2) is 0 Å². The molecule has 1 heterocycles. The summed E-state index contributed by atoms with van der Waals surface area (Å²) < 4.78 is 5.53. The molecule has 0 aromatic carbocycles. The number of azide groups is 1. The van der Waals surface area contributed by atoms with E-state index in [4.69, 9.17) is 10.3 Å². The maximum absolute atomic E-state index is 8.09. The van der Waals surface area contributed by atoms with Crippen LogP contribution in [-0.4, -0.2) is 31.3 Å². The van der Waals surface area contributed by atoms with Crippen LogP contribution in [0.2, 0.25) is 0 Å². The first-order valence-corrected chi connectivity index (χ1v) is 4.22. The van der Waals surface area contributed by atoms with Crippen molar-refractivity contribution in [2.75, 3.05) is 19.7 Å². The molecule has 1 saturated carbocycles. The SMILES string of the molecule is Cl.[N-]=[N+]=NCC1CNC2(CC2)CO1. The lowest BCUT2D eigenvalue weighted by Crippen LogP contribution is -2.49. The Kier molecular flexibility index (Phi) is 3.39. The zero-order chi connectivity index (χ0) is 8.44. The molecule has 1 aliphatic heterocycles. The second-order valence-electron chi connectivity index (χ2n) is 3.51. The molecule has 13 heavy (non-hydrogen) atoms. The van der Waals surface area contributed by atoms with Gasteiger partial charge in [-0.15, -0.1) is 12.4 Å². The topological polar surface area (TPSA) is 70.0 Å². The van der Waals surface area contributed by atoms with E-state index in [1.165, 1.54) is 12.8 Å². The van der Waals surface area contributed by atoms with E-state index in [9.17, 15) is 0 Å². The Morgan fingerprint density at radius 1 is 1.62 bits per heavy atom. The third-order valence-electron chi connectivity index (χ3n) is 2.50. The van der Waals surface area contributed by atoms with Crippen molar-refractivity contribution in [1.82, 2.24) is 5.32 Å². The summed E-state index contributed by atoms with van der Waals surface area (Å²) in [5.41, 5.74) is 8.39. The highest BCUT2D eigenvalue weighted by molar-refractivity contribution is 5.85. The molecule has 1 saturated heterocycles. The number of morpholine rings is 1. The van der Waals surface area contributed by atoms with Gasteiger partial charge in [-0.25, -0.2) is 0 Å². The molecule has 2 rings (SSSR count). The average molecular weight is 205 g/mol. The van der Waals surface area contributed by atoms with Gasteiger partial charge >= 0.3 is 0 Å². The lowest BCUT2D eigenvalue weighted by Gasteiger charge is -2.29. The van der Waals surface area contributed by atoms with Crippen molar-refractivity contribution in [2.24, 2.45) is 5.11 Å². The van der Waals surface area contributed by atoms with Gasteiger partial charge in [0.2, 0.25) is 0 Å². The van der Waals surface area contributed by atoms with Gasteiger partial charge in [-0.05, 0) is 18.4 Å². The number of ether oxygens (including phenoxy) is 1. The Labute approximate surface area is 82.9 Å². The summed E-state index contributed by atoms with van der Waals surface area (Å²) in [6, 6.07) is 0. The van der Waals surface area contributed by atoms with E-state index in [1.807, 2.05) is 0 Å². The van der Waals surface area contributed by atoms with Gasteiger partial charge in [0.25, 0.3) is 0 Å². The van der Waals surface area contributed by atoms with Crippen LogP contribution in [-0.2, 0) is 4.74 Å². The van der Waals surface area contributed by atoms with Crippen molar-refractivity contribution >= 4 is 12.4 Å². The van der Waals surface area contributed by atoms with Crippen LogP contribution in [0.4, 0.5) is 0 Å². The molecule has 1 N–H and O–H groups in total. The molecule has 2 fully saturated rings. The predicted molar refractivity (Wildman–Crippen MR) is 51.0 cm³/mol. The molecule has 0 aromatic rings. The summed E-state index contributed by atoms with van der Waals surface area (Å²) in [6.07, 6.45) is 2.52. The Morgan fingerprint density at radius 3 is 2.85 bits per heavy atom. The van der Waals surface area contributed by atoms with Gasteiger partial charge in [-0.1, -0.05) is 5.11 Å². The van der Waals surface area contributed by atoms with E-state index < -0.39 is 0 Å². The second kappa shape index (κ2) is 4.15. The number of halogens is 1. The van der Waals surface area contributed by atoms with Crippen LogP contribution < -0.4 is 5.32 Å². The summed E-state index contributed by atoms with van der Waals surface area (Å²) in [4.78, 5) is 2.70. The monoisotopic (exact) mass is 204 g/mol. The fraction of sp³-hybridized carbons (Fsp3) is 1.00. The van der Waals surface area contributed by atoms with E-state index in [-0.39, 0.29) is 18.5 Å². The Hall–Kier alpha value is -0.480. The smallest absolute Gasteiger partial charge is 0.0756 e. The van der Waals surface area contributed by atoms with Crippen molar-refractivity contribution in [1.29, 1.82) is 0 Å². The quantitative estimate of drug-likeness (QED) is 0.418. The first kappa shape index (κ1) is 10.6. The molecule has 0 amide bonds. The molecule has 0 bridgehead atoms. The van der Waals surface area contributed by atoms with Crippen molar-refractivity contribution < 1.29 is 4.74 Å². The Bertz CT molecular complexity index is 215. The summed E-state index contributed by atoms with van der Waals surface area (Å²) in [5, 5.41) is 6.90. The van der Waals surface area contributed by atoms with Crippen molar-refractivity contribution in [2.45, 2.75) is 24.5 Å². The van der Waals surface area contributed by atoms with Gasteiger partial charge < -0.3 is 10.1 Å².